The van der Waals surface area contributed by atoms with Crippen LogP contribution in [0.3, 0.4) is 0 Å². The second-order valence-electron chi connectivity index (χ2n) is 4.26. The smallest absolute Gasteiger partial charge is 0.142 e. The molecule has 0 radical (unpaired) electrons. The summed E-state index contributed by atoms with van der Waals surface area (Å²) in [4.78, 5) is 4.28. The number of fused-ring (bicyclic) bond motifs is 1. The molecule has 3 rings (SSSR count). The Balaban J connectivity index is 2.01. The molecule has 0 amide bonds. The van der Waals surface area contributed by atoms with E-state index in [0.29, 0.717) is 5.03 Å². The van der Waals surface area contributed by atoms with Crippen LogP contribution in [0.5, 0.6) is 0 Å². The number of halogens is 2. The highest BCUT2D eigenvalue weighted by Gasteiger charge is 2.13. The molecule has 1 heterocycles. The van der Waals surface area contributed by atoms with Gasteiger partial charge in [-0.3, -0.25) is 0 Å². The van der Waals surface area contributed by atoms with Gasteiger partial charge in [0.15, 0.2) is 0 Å². The van der Waals surface area contributed by atoms with E-state index in [9.17, 15) is 8.78 Å². The second kappa shape index (κ2) is 5.09. The zero-order valence-electron chi connectivity index (χ0n) is 10.3. The Morgan fingerprint density at radius 1 is 0.950 bits per heavy atom. The zero-order valence-corrected chi connectivity index (χ0v) is 11.1. The Bertz CT molecular complexity index is 767. The number of benzene rings is 2. The third-order valence-corrected chi connectivity index (χ3v) is 3.83. The van der Waals surface area contributed by atoms with Gasteiger partial charge in [0.1, 0.15) is 16.7 Å². The minimum absolute atomic E-state index is 0.0656. The van der Waals surface area contributed by atoms with Crippen molar-refractivity contribution in [3.8, 4) is 0 Å². The Kier molecular flexibility index (Phi) is 3.28. The lowest BCUT2D eigenvalue weighted by molar-refractivity contribution is 0.541. The zero-order chi connectivity index (χ0) is 14.1. The second-order valence-corrected chi connectivity index (χ2v) is 5.29. The van der Waals surface area contributed by atoms with E-state index >= 15 is 0 Å². The summed E-state index contributed by atoms with van der Waals surface area (Å²) in [5.41, 5.74) is 6.24. The summed E-state index contributed by atoms with van der Waals surface area (Å²) in [6.07, 6.45) is 0. The van der Waals surface area contributed by atoms with Crippen LogP contribution in [0, 0.1) is 11.6 Å². The maximum atomic E-state index is 13.7. The molecular weight excluding hydrogens is 278 g/mol. The summed E-state index contributed by atoms with van der Waals surface area (Å²) in [5, 5.41) is 1.52. The molecule has 2 N–H and O–H groups in total. The van der Waals surface area contributed by atoms with Gasteiger partial charge < -0.3 is 5.73 Å². The van der Waals surface area contributed by atoms with E-state index in [1.54, 1.807) is 6.07 Å². The van der Waals surface area contributed by atoms with Gasteiger partial charge in [0.2, 0.25) is 0 Å². The van der Waals surface area contributed by atoms with Crippen LogP contribution < -0.4 is 5.73 Å². The summed E-state index contributed by atoms with van der Waals surface area (Å²) >= 11 is 0.948. The minimum atomic E-state index is -0.678. The number of anilines is 1. The monoisotopic (exact) mass is 288 g/mol. The lowest BCUT2D eigenvalue weighted by Crippen LogP contribution is -1.93. The van der Waals surface area contributed by atoms with Crippen molar-refractivity contribution in [3.05, 3.63) is 60.2 Å². The maximum absolute atomic E-state index is 13.7. The average molecular weight is 288 g/mol. The summed E-state index contributed by atoms with van der Waals surface area (Å²) in [7, 11) is 0. The van der Waals surface area contributed by atoms with Crippen LogP contribution >= 0.6 is 11.8 Å². The van der Waals surface area contributed by atoms with Crippen LogP contribution in [0.4, 0.5) is 14.5 Å². The molecule has 5 heteroatoms. The molecule has 3 aromatic rings. The van der Waals surface area contributed by atoms with E-state index in [4.69, 9.17) is 5.73 Å². The fraction of sp³-hybridized carbons (Fsp3) is 0. The van der Waals surface area contributed by atoms with E-state index in [1.807, 2.05) is 30.3 Å². The Hall–Kier alpha value is -2.14. The molecule has 100 valence electrons. The quantitative estimate of drug-likeness (QED) is 0.717. The molecule has 0 atom stereocenters. The molecule has 0 spiro atoms. The molecule has 0 fully saturated rings. The third-order valence-electron chi connectivity index (χ3n) is 2.80. The Morgan fingerprint density at radius 2 is 1.65 bits per heavy atom. The van der Waals surface area contributed by atoms with Gasteiger partial charge in [0.05, 0.1) is 10.4 Å². The van der Waals surface area contributed by atoms with Crippen molar-refractivity contribution in [2.45, 2.75) is 9.92 Å². The molecule has 1 aromatic heterocycles. The summed E-state index contributed by atoms with van der Waals surface area (Å²) < 4.78 is 27.5. The van der Waals surface area contributed by atoms with Crippen molar-refractivity contribution in [2.24, 2.45) is 0 Å². The normalized spacial score (nSPS) is 10.9. The van der Waals surface area contributed by atoms with Crippen LogP contribution in [0.1, 0.15) is 0 Å². The molecule has 0 saturated carbocycles. The van der Waals surface area contributed by atoms with Crippen LogP contribution in [-0.2, 0) is 0 Å². The number of nitrogens with two attached hydrogens (primary N) is 1. The van der Waals surface area contributed by atoms with Crippen molar-refractivity contribution in [1.29, 1.82) is 0 Å². The first kappa shape index (κ1) is 12.9. The van der Waals surface area contributed by atoms with Crippen molar-refractivity contribution in [1.82, 2.24) is 4.98 Å². The molecular formula is C15H10F2N2S. The first-order valence-corrected chi connectivity index (χ1v) is 6.73. The standard InChI is InChI=1S/C15H10F2N2S/c16-11-7-10(18)8-12(17)15(11)20-14-6-5-9-3-1-2-4-13(9)19-14/h1-8H,18H2. The number of para-hydroxylation sites is 1. The van der Waals surface area contributed by atoms with Crippen molar-refractivity contribution >= 4 is 28.4 Å². The van der Waals surface area contributed by atoms with Crippen LogP contribution in [0.2, 0.25) is 0 Å². The number of nitrogens with zero attached hydrogens (tertiary/aromatic N) is 1. The van der Waals surface area contributed by atoms with E-state index in [0.717, 1.165) is 34.8 Å². The van der Waals surface area contributed by atoms with E-state index in [2.05, 4.69) is 4.98 Å². The average Bonchev–Trinajstić information content (AvgIpc) is 2.42. The van der Waals surface area contributed by atoms with Gasteiger partial charge in [-0.15, -0.1) is 0 Å². The van der Waals surface area contributed by atoms with Gasteiger partial charge >= 0.3 is 0 Å². The molecule has 0 aliphatic rings. The van der Waals surface area contributed by atoms with Gasteiger partial charge in [0, 0.05) is 11.1 Å². The molecule has 0 aliphatic carbocycles. The molecule has 0 saturated heterocycles. The summed E-state index contributed by atoms with van der Waals surface area (Å²) in [6, 6.07) is 13.4. The van der Waals surface area contributed by atoms with Crippen molar-refractivity contribution in [2.75, 3.05) is 5.73 Å². The fourth-order valence-corrected chi connectivity index (χ4v) is 2.69. The van der Waals surface area contributed by atoms with Crippen LogP contribution in [0.15, 0.2) is 58.5 Å². The van der Waals surface area contributed by atoms with Gasteiger partial charge in [0.25, 0.3) is 0 Å². The predicted octanol–water partition coefficient (Wildman–Crippen LogP) is 4.25. The largest absolute Gasteiger partial charge is 0.399 e. The third kappa shape index (κ3) is 2.44. The number of pyridine rings is 1. The number of aromatic nitrogens is 1. The maximum Gasteiger partial charge on any atom is 0.142 e. The predicted molar refractivity (Wildman–Crippen MR) is 76.6 cm³/mol. The lowest BCUT2D eigenvalue weighted by atomic mass is 10.2. The first-order chi connectivity index (χ1) is 9.63. The highest BCUT2D eigenvalue weighted by Crippen LogP contribution is 2.32. The summed E-state index contributed by atoms with van der Waals surface area (Å²) in [5.74, 6) is -1.36. The van der Waals surface area contributed by atoms with Crippen LogP contribution in [0.25, 0.3) is 10.9 Å². The molecule has 2 aromatic carbocycles. The van der Waals surface area contributed by atoms with Crippen molar-refractivity contribution < 1.29 is 8.78 Å². The first-order valence-electron chi connectivity index (χ1n) is 5.91. The lowest BCUT2D eigenvalue weighted by Gasteiger charge is -2.06. The number of rotatable bonds is 2. The topological polar surface area (TPSA) is 38.9 Å². The highest BCUT2D eigenvalue weighted by atomic mass is 32.2. The molecule has 0 unspecified atom stereocenters. The molecule has 0 bridgehead atoms. The minimum Gasteiger partial charge on any atom is -0.399 e. The number of hydrogen-bond donors (Lipinski definition) is 1. The SMILES string of the molecule is Nc1cc(F)c(Sc2ccc3ccccc3n2)c(F)c1. The molecule has 0 aliphatic heterocycles. The molecule has 20 heavy (non-hydrogen) atoms. The van der Waals surface area contributed by atoms with Crippen LogP contribution in [-0.4, -0.2) is 4.98 Å². The van der Waals surface area contributed by atoms with Gasteiger partial charge in [-0.2, -0.15) is 0 Å². The van der Waals surface area contributed by atoms with E-state index < -0.39 is 11.6 Å². The number of hydrogen-bond acceptors (Lipinski definition) is 3. The fourth-order valence-electron chi connectivity index (χ4n) is 1.89. The molecule has 2 nitrogen and oxygen atoms in total. The van der Waals surface area contributed by atoms with E-state index in [1.165, 1.54) is 0 Å². The van der Waals surface area contributed by atoms with Gasteiger partial charge in [-0.25, -0.2) is 13.8 Å². The highest BCUT2D eigenvalue weighted by molar-refractivity contribution is 7.99. The summed E-state index contributed by atoms with van der Waals surface area (Å²) in [6.45, 7) is 0. The Morgan fingerprint density at radius 3 is 2.40 bits per heavy atom. The Labute approximate surface area is 118 Å². The van der Waals surface area contributed by atoms with Crippen molar-refractivity contribution in [3.63, 3.8) is 0 Å². The van der Waals surface area contributed by atoms with Gasteiger partial charge in [-0.05, 0) is 24.3 Å². The number of nitrogen functional groups attached to an aromatic ring is 1. The van der Waals surface area contributed by atoms with E-state index in [-0.39, 0.29) is 10.6 Å². The van der Waals surface area contributed by atoms with Gasteiger partial charge in [-0.1, -0.05) is 36.0 Å².